The summed E-state index contributed by atoms with van der Waals surface area (Å²) in [7, 11) is 0. The predicted octanol–water partition coefficient (Wildman–Crippen LogP) is 0.698. The summed E-state index contributed by atoms with van der Waals surface area (Å²) in [4.78, 5) is 21.6. The Kier molecular flexibility index (Phi) is 4.04. The zero-order valence-electron chi connectivity index (χ0n) is 10.2. The molecule has 0 bridgehead atoms. The largest absolute Gasteiger partial charge is 0.397 e. The van der Waals surface area contributed by atoms with Gasteiger partial charge < -0.3 is 15.7 Å². The van der Waals surface area contributed by atoms with E-state index in [0.717, 1.165) is 0 Å². The molecule has 0 saturated carbocycles. The molecule has 0 aliphatic rings. The second-order valence-corrected chi connectivity index (χ2v) is 3.83. The van der Waals surface area contributed by atoms with Crippen molar-refractivity contribution in [3.05, 3.63) is 48.5 Å². The van der Waals surface area contributed by atoms with Crippen LogP contribution in [0, 0.1) is 0 Å². The Morgan fingerprint density at radius 1 is 1.32 bits per heavy atom. The van der Waals surface area contributed by atoms with Crippen LogP contribution in [0.3, 0.4) is 0 Å². The van der Waals surface area contributed by atoms with Crippen LogP contribution in [0.15, 0.2) is 42.9 Å². The highest BCUT2D eigenvalue weighted by molar-refractivity contribution is 6.06. The van der Waals surface area contributed by atoms with Crippen molar-refractivity contribution in [2.75, 3.05) is 23.8 Å². The van der Waals surface area contributed by atoms with Crippen LogP contribution in [0.4, 0.5) is 11.4 Å². The van der Waals surface area contributed by atoms with Gasteiger partial charge in [-0.15, -0.1) is 0 Å². The molecule has 0 saturated heterocycles. The van der Waals surface area contributed by atoms with Gasteiger partial charge in [0.15, 0.2) is 0 Å². The number of aliphatic hydroxyl groups is 1. The van der Waals surface area contributed by atoms with E-state index in [1.54, 1.807) is 24.3 Å². The van der Waals surface area contributed by atoms with E-state index in [9.17, 15) is 4.79 Å². The molecule has 3 N–H and O–H groups in total. The fourth-order valence-corrected chi connectivity index (χ4v) is 1.71. The summed E-state index contributed by atoms with van der Waals surface area (Å²) in [6.07, 6.45) is 4.31. The number of aromatic nitrogens is 2. The lowest BCUT2D eigenvalue weighted by atomic mass is 10.2. The number of nitrogens with two attached hydrogens (primary N) is 1. The van der Waals surface area contributed by atoms with E-state index in [1.807, 2.05) is 0 Å². The first-order chi connectivity index (χ1) is 9.24. The third-order valence-electron chi connectivity index (χ3n) is 2.58. The molecule has 2 aromatic rings. The van der Waals surface area contributed by atoms with Gasteiger partial charge in [-0.25, -0.2) is 4.98 Å². The highest BCUT2D eigenvalue weighted by Gasteiger charge is 2.20. The van der Waals surface area contributed by atoms with Crippen molar-refractivity contribution < 1.29 is 9.90 Å². The number of carbonyl (C=O) groups excluding carboxylic acids is 1. The normalized spacial score (nSPS) is 10.2. The first-order valence-corrected chi connectivity index (χ1v) is 5.77. The molecule has 0 spiro atoms. The van der Waals surface area contributed by atoms with Gasteiger partial charge in [0.25, 0.3) is 5.91 Å². The van der Waals surface area contributed by atoms with Crippen molar-refractivity contribution >= 4 is 17.3 Å². The molecule has 0 atom stereocenters. The van der Waals surface area contributed by atoms with Crippen LogP contribution in [-0.2, 0) is 0 Å². The van der Waals surface area contributed by atoms with Gasteiger partial charge in [-0.3, -0.25) is 9.78 Å². The average molecular weight is 258 g/mol. The molecule has 19 heavy (non-hydrogen) atoms. The highest BCUT2D eigenvalue weighted by Crippen LogP contribution is 2.23. The lowest BCUT2D eigenvalue weighted by Gasteiger charge is -2.22. The molecule has 1 aromatic carbocycles. The Labute approximate surface area is 110 Å². The van der Waals surface area contributed by atoms with Crippen LogP contribution in [0.1, 0.15) is 10.5 Å². The molecule has 0 aliphatic heterocycles. The predicted molar refractivity (Wildman–Crippen MR) is 71.6 cm³/mol. The topological polar surface area (TPSA) is 92.3 Å². The molecular weight excluding hydrogens is 244 g/mol. The summed E-state index contributed by atoms with van der Waals surface area (Å²) < 4.78 is 0. The molecule has 6 nitrogen and oxygen atoms in total. The Hall–Kier alpha value is -2.47. The van der Waals surface area contributed by atoms with E-state index < -0.39 is 0 Å². The Bertz CT molecular complexity index is 560. The maximum absolute atomic E-state index is 12.3. The molecule has 1 amide bonds. The van der Waals surface area contributed by atoms with Crippen molar-refractivity contribution in [2.24, 2.45) is 0 Å². The molecule has 0 aliphatic carbocycles. The van der Waals surface area contributed by atoms with Crippen molar-refractivity contribution in [2.45, 2.75) is 0 Å². The number of para-hydroxylation sites is 2. The molecule has 0 radical (unpaired) electrons. The molecule has 0 unspecified atom stereocenters. The number of carbonyl (C=O) groups is 1. The number of aliphatic hydroxyl groups excluding tert-OH is 1. The third kappa shape index (κ3) is 2.86. The standard InChI is InChI=1S/C13H14N4O2/c14-10-3-1-2-4-12(10)17(7-8-18)13(19)11-9-15-5-6-16-11/h1-6,9,18H,7-8,14H2. The smallest absolute Gasteiger partial charge is 0.278 e. The minimum atomic E-state index is -0.347. The second-order valence-electron chi connectivity index (χ2n) is 3.83. The van der Waals surface area contributed by atoms with Gasteiger partial charge in [-0.2, -0.15) is 0 Å². The summed E-state index contributed by atoms with van der Waals surface area (Å²) >= 11 is 0. The summed E-state index contributed by atoms with van der Waals surface area (Å²) in [5.41, 5.74) is 7.08. The van der Waals surface area contributed by atoms with Gasteiger partial charge in [0.2, 0.25) is 0 Å². The Morgan fingerprint density at radius 2 is 2.11 bits per heavy atom. The third-order valence-corrected chi connectivity index (χ3v) is 2.58. The van der Waals surface area contributed by atoms with Crippen molar-refractivity contribution in [3.63, 3.8) is 0 Å². The number of rotatable bonds is 4. The van der Waals surface area contributed by atoms with Gasteiger partial charge in [-0.05, 0) is 12.1 Å². The summed E-state index contributed by atoms with van der Waals surface area (Å²) in [6.45, 7) is -0.0239. The quantitative estimate of drug-likeness (QED) is 0.787. The minimum absolute atomic E-state index is 0.142. The molecule has 98 valence electrons. The van der Waals surface area contributed by atoms with E-state index in [2.05, 4.69) is 9.97 Å². The van der Waals surface area contributed by atoms with E-state index in [-0.39, 0.29) is 24.8 Å². The van der Waals surface area contributed by atoms with Crippen LogP contribution in [0.25, 0.3) is 0 Å². The van der Waals surface area contributed by atoms with Crippen LogP contribution in [0.5, 0.6) is 0 Å². The maximum atomic E-state index is 12.3. The first kappa shape index (κ1) is 13.0. The van der Waals surface area contributed by atoms with Crippen molar-refractivity contribution in [1.82, 2.24) is 9.97 Å². The van der Waals surface area contributed by atoms with Crippen LogP contribution >= 0.6 is 0 Å². The number of nitrogen functional groups attached to an aromatic ring is 1. The van der Waals surface area contributed by atoms with Gasteiger partial charge in [-0.1, -0.05) is 12.1 Å². The fourth-order valence-electron chi connectivity index (χ4n) is 1.71. The zero-order valence-corrected chi connectivity index (χ0v) is 10.2. The summed E-state index contributed by atoms with van der Waals surface area (Å²) in [5, 5.41) is 9.11. The lowest BCUT2D eigenvalue weighted by Crippen LogP contribution is -2.34. The van der Waals surface area contributed by atoms with Gasteiger partial charge in [0.05, 0.1) is 24.2 Å². The maximum Gasteiger partial charge on any atom is 0.278 e. The molecule has 0 fully saturated rings. The molecular formula is C13H14N4O2. The Balaban J connectivity index is 2.36. The lowest BCUT2D eigenvalue weighted by molar-refractivity contribution is 0.0976. The second kappa shape index (κ2) is 5.92. The number of benzene rings is 1. The first-order valence-electron chi connectivity index (χ1n) is 5.77. The zero-order chi connectivity index (χ0) is 13.7. The van der Waals surface area contributed by atoms with Gasteiger partial charge >= 0.3 is 0 Å². The number of hydrogen-bond donors (Lipinski definition) is 2. The SMILES string of the molecule is Nc1ccccc1N(CCO)C(=O)c1cnccn1. The fraction of sp³-hybridized carbons (Fsp3) is 0.154. The number of amides is 1. The minimum Gasteiger partial charge on any atom is -0.397 e. The van der Waals surface area contributed by atoms with E-state index >= 15 is 0 Å². The van der Waals surface area contributed by atoms with Crippen LogP contribution < -0.4 is 10.6 Å². The van der Waals surface area contributed by atoms with Crippen LogP contribution in [0.2, 0.25) is 0 Å². The van der Waals surface area contributed by atoms with Crippen molar-refractivity contribution in [3.8, 4) is 0 Å². The van der Waals surface area contributed by atoms with Crippen LogP contribution in [-0.4, -0.2) is 34.1 Å². The number of nitrogens with zero attached hydrogens (tertiary/aromatic N) is 3. The summed E-state index contributed by atoms with van der Waals surface area (Å²) in [6, 6.07) is 6.98. The number of hydrogen-bond acceptors (Lipinski definition) is 5. The van der Waals surface area contributed by atoms with Gasteiger partial charge in [0.1, 0.15) is 5.69 Å². The average Bonchev–Trinajstić information content (AvgIpc) is 2.46. The monoisotopic (exact) mass is 258 g/mol. The molecule has 1 heterocycles. The summed E-state index contributed by atoms with van der Waals surface area (Å²) in [5.74, 6) is -0.347. The Morgan fingerprint density at radius 3 is 2.74 bits per heavy atom. The highest BCUT2D eigenvalue weighted by atomic mass is 16.3. The van der Waals surface area contributed by atoms with Gasteiger partial charge in [0, 0.05) is 18.9 Å². The molecule has 1 aromatic heterocycles. The molecule has 2 rings (SSSR count). The van der Waals surface area contributed by atoms with Crippen molar-refractivity contribution in [1.29, 1.82) is 0 Å². The van der Waals surface area contributed by atoms with E-state index in [4.69, 9.17) is 10.8 Å². The van der Waals surface area contributed by atoms with E-state index in [0.29, 0.717) is 11.4 Å². The number of anilines is 2. The molecule has 6 heteroatoms. The van der Waals surface area contributed by atoms with E-state index in [1.165, 1.54) is 23.5 Å².